The van der Waals surface area contributed by atoms with E-state index in [9.17, 15) is 44.1 Å². The Balaban J connectivity index is 3.43. The van der Waals surface area contributed by atoms with E-state index < -0.39 is 83.8 Å². The summed E-state index contributed by atoms with van der Waals surface area (Å²) in [6.45, 7) is 8.87. The second-order valence-corrected chi connectivity index (χ2v) is 14.3. The third-order valence-corrected chi connectivity index (χ3v) is 8.52. The molecule has 0 heterocycles. The maximum absolute atomic E-state index is 14.0. The lowest BCUT2D eigenvalue weighted by Gasteiger charge is -2.29. The van der Waals surface area contributed by atoms with Gasteiger partial charge in [0, 0.05) is 13.0 Å². The fraction of sp³-hybridized carbons (Fsp3) is 0.639. The summed E-state index contributed by atoms with van der Waals surface area (Å²) in [5, 5.41) is 42.7. The van der Waals surface area contributed by atoms with Crippen LogP contribution in [0.2, 0.25) is 0 Å². The Labute approximate surface area is 322 Å². The molecule has 0 unspecified atom stereocenters. The van der Waals surface area contributed by atoms with Crippen molar-refractivity contribution in [3.63, 3.8) is 0 Å². The van der Waals surface area contributed by atoms with Gasteiger partial charge in [0.25, 0.3) is 0 Å². The molecule has 16 N–H and O–H groups in total. The molecule has 0 saturated carbocycles. The van der Waals surface area contributed by atoms with Crippen molar-refractivity contribution in [1.82, 2.24) is 26.6 Å². The largest absolute Gasteiger partial charge is 0.508 e. The Morgan fingerprint density at radius 3 is 1.76 bits per heavy atom. The fourth-order valence-electron chi connectivity index (χ4n) is 5.46. The zero-order valence-corrected chi connectivity index (χ0v) is 32.4. The Morgan fingerprint density at radius 1 is 0.709 bits per heavy atom. The number of aliphatic hydroxyl groups is 1. The normalized spacial score (nSPS) is 15.0. The topological polar surface area (TPSA) is 340 Å². The number of unbranched alkanes of at least 4 members (excludes halogenated alkanes) is 1. The number of hydrogen-bond donors (Lipinski definition) is 12. The number of phenols is 1. The summed E-state index contributed by atoms with van der Waals surface area (Å²) < 4.78 is 0. The van der Waals surface area contributed by atoms with Crippen molar-refractivity contribution in [3.05, 3.63) is 29.8 Å². The molecule has 0 bridgehead atoms. The molecular weight excluding hydrogens is 716 g/mol. The minimum Gasteiger partial charge on any atom is -0.508 e. The molecule has 55 heavy (non-hydrogen) atoms. The lowest BCUT2D eigenvalue weighted by atomic mass is 9.99. The maximum Gasteiger partial charge on any atom is 0.326 e. The molecule has 1 rings (SSSR count). The first-order chi connectivity index (χ1) is 25.8. The monoisotopic (exact) mass is 778 g/mol. The number of carboxylic acid groups (broad SMARTS) is 1. The Hall–Kier alpha value is -5.01. The van der Waals surface area contributed by atoms with Crippen LogP contribution in [0.4, 0.5) is 0 Å². The number of aromatic hydroxyl groups is 1. The standard InChI is InChI=1S/C36H62N10O9/c1-19(2)17-24(38)30(49)45-28(20(3)4)33(52)42-25(10-8-16-41-36(39)40)31(50)44-27(18-22-11-13-23(48)14-12-22)32(51)46-29(21(5)47)34(53)43-26(35(54)55)9-6-7-15-37/h11-14,19-21,24-29,47-48H,6-10,15-18,37-38H2,1-5H3,(H,42,52)(H,43,53)(H,44,50)(H,45,49)(H,46,51)(H,54,55)(H4,39,40,41)/t21-,24+,25+,26+,27+,28+,29+/m1/s1. The molecule has 0 radical (unpaired) electrons. The number of aliphatic hydroxyl groups excluding tert-OH is 1. The average molecular weight is 779 g/mol. The highest BCUT2D eigenvalue weighted by Gasteiger charge is 2.35. The number of carbonyl (C=O) groups is 6. The quantitative estimate of drug-likeness (QED) is 0.0292. The zero-order valence-electron chi connectivity index (χ0n) is 32.4. The molecule has 0 aliphatic heterocycles. The number of nitrogens with zero attached hydrogens (tertiary/aromatic N) is 1. The molecule has 5 amide bonds. The molecule has 0 fully saturated rings. The van der Waals surface area contributed by atoms with Crippen LogP contribution >= 0.6 is 0 Å². The fourth-order valence-corrected chi connectivity index (χ4v) is 5.46. The number of aliphatic carboxylic acids is 1. The van der Waals surface area contributed by atoms with E-state index in [1.165, 1.54) is 31.2 Å². The number of hydrogen-bond acceptors (Lipinski definition) is 11. The summed E-state index contributed by atoms with van der Waals surface area (Å²) in [5.41, 5.74) is 22.9. The van der Waals surface area contributed by atoms with E-state index in [0.717, 1.165) is 0 Å². The number of phenolic OH excluding ortho intramolecular Hbond substituents is 1. The van der Waals surface area contributed by atoms with Crippen molar-refractivity contribution in [2.75, 3.05) is 13.1 Å². The minimum absolute atomic E-state index is 0.00698. The molecule has 7 atom stereocenters. The predicted molar refractivity (Wildman–Crippen MR) is 206 cm³/mol. The first kappa shape index (κ1) is 48.0. The number of nitrogens with two attached hydrogens (primary N) is 4. The van der Waals surface area contributed by atoms with Gasteiger partial charge in [0.2, 0.25) is 29.5 Å². The van der Waals surface area contributed by atoms with Gasteiger partial charge in [-0.15, -0.1) is 0 Å². The van der Waals surface area contributed by atoms with Crippen LogP contribution in [0.5, 0.6) is 5.75 Å². The number of carboxylic acids is 1. The molecule has 0 aliphatic carbocycles. The van der Waals surface area contributed by atoms with Crippen LogP contribution < -0.4 is 49.5 Å². The van der Waals surface area contributed by atoms with Crippen LogP contribution in [-0.2, 0) is 35.2 Å². The molecule has 1 aromatic rings. The summed E-state index contributed by atoms with van der Waals surface area (Å²) in [5.74, 6) is -5.79. The Kier molecular flexibility index (Phi) is 21.3. The number of aliphatic imine (C=N–C) groups is 1. The highest BCUT2D eigenvalue weighted by molar-refractivity contribution is 5.96. The summed E-state index contributed by atoms with van der Waals surface area (Å²) in [6.07, 6.45) is -0.103. The van der Waals surface area contributed by atoms with Gasteiger partial charge in [0.1, 0.15) is 36.0 Å². The molecular formula is C36H62N10O9. The number of rotatable bonds is 25. The molecule has 19 nitrogen and oxygen atoms in total. The van der Waals surface area contributed by atoms with E-state index in [0.29, 0.717) is 31.4 Å². The summed E-state index contributed by atoms with van der Waals surface area (Å²) in [6, 6.07) is -1.84. The third-order valence-electron chi connectivity index (χ3n) is 8.52. The first-order valence-corrected chi connectivity index (χ1v) is 18.5. The van der Waals surface area contributed by atoms with E-state index in [4.69, 9.17) is 22.9 Å². The van der Waals surface area contributed by atoms with Crippen molar-refractivity contribution in [2.45, 2.75) is 122 Å². The number of amides is 5. The highest BCUT2D eigenvalue weighted by atomic mass is 16.4. The van der Waals surface area contributed by atoms with E-state index in [-0.39, 0.29) is 49.9 Å². The van der Waals surface area contributed by atoms with E-state index >= 15 is 0 Å². The number of benzene rings is 1. The smallest absolute Gasteiger partial charge is 0.326 e. The van der Waals surface area contributed by atoms with Crippen molar-refractivity contribution in [2.24, 2.45) is 39.8 Å². The van der Waals surface area contributed by atoms with Gasteiger partial charge in [0.05, 0.1) is 12.1 Å². The highest BCUT2D eigenvalue weighted by Crippen LogP contribution is 2.13. The number of nitrogens with one attached hydrogen (secondary N) is 5. The van der Waals surface area contributed by atoms with E-state index in [1.807, 2.05) is 13.8 Å². The summed E-state index contributed by atoms with van der Waals surface area (Å²) >= 11 is 0. The summed E-state index contributed by atoms with van der Waals surface area (Å²) in [4.78, 5) is 83.3. The van der Waals surface area contributed by atoms with Crippen molar-refractivity contribution in [1.29, 1.82) is 0 Å². The molecule has 0 spiro atoms. The van der Waals surface area contributed by atoms with Gasteiger partial charge in [-0.05, 0) is 81.5 Å². The molecule has 310 valence electrons. The van der Waals surface area contributed by atoms with Gasteiger partial charge >= 0.3 is 5.97 Å². The Morgan fingerprint density at radius 2 is 1.24 bits per heavy atom. The SMILES string of the molecule is CC(C)C[C@H](N)C(=O)N[C@H](C(=O)N[C@@H](CCCN=C(N)N)C(=O)N[C@@H](Cc1ccc(O)cc1)C(=O)N[C@H](C(=O)N[C@@H](CCCCN)C(=O)O)[C@@H](C)O)C(C)C. The lowest BCUT2D eigenvalue weighted by Crippen LogP contribution is -2.61. The van der Waals surface area contributed by atoms with Gasteiger partial charge in [-0.3, -0.25) is 29.0 Å². The molecule has 1 aromatic carbocycles. The average Bonchev–Trinajstić information content (AvgIpc) is 3.09. The first-order valence-electron chi connectivity index (χ1n) is 18.5. The molecule has 0 aliphatic rings. The van der Waals surface area contributed by atoms with Gasteiger partial charge < -0.3 is 64.8 Å². The number of guanidine groups is 1. The third kappa shape index (κ3) is 18.2. The summed E-state index contributed by atoms with van der Waals surface area (Å²) in [7, 11) is 0. The predicted octanol–water partition coefficient (Wildman–Crippen LogP) is -1.96. The second-order valence-electron chi connectivity index (χ2n) is 14.3. The Bertz CT molecular complexity index is 1440. The molecule has 19 heteroatoms. The van der Waals surface area contributed by atoms with Crippen molar-refractivity contribution >= 4 is 41.5 Å². The molecule has 0 aromatic heterocycles. The van der Waals surface area contributed by atoms with Crippen molar-refractivity contribution in [3.8, 4) is 5.75 Å². The van der Waals surface area contributed by atoms with Crippen LogP contribution in [0.3, 0.4) is 0 Å². The maximum atomic E-state index is 14.0. The van der Waals surface area contributed by atoms with Crippen LogP contribution in [0, 0.1) is 11.8 Å². The van der Waals surface area contributed by atoms with Crippen LogP contribution in [0.1, 0.15) is 78.7 Å². The van der Waals surface area contributed by atoms with Crippen LogP contribution in [0.25, 0.3) is 0 Å². The van der Waals surface area contributed by atoms with Gasteiger partial charge in [-0.25, -0.2) is 4.79 Å². The van der Waals surface area contributed by atoms with Gasteiger partial charge in [-0.2, -0.15) is 0 Å². The van der Waals surface area contributed by atoms with E-state index in [2.05, 4.69) is 31.6 Å². The van der Waals surface area contributed by atoms with Crippen molar-refractivity contribution < 1.29 is 44.1 Å². The molecule has 0 saturated heterocycles. The van der Waals surface area contributed by atoms with Crippen LogP contribution in [-0.4, -0.2) is 112 Å². The number of carbonyl (C=O) groups excluding carboxylic acids is 5. The second kappa shape index (κ2) is 24.4. The van der Waals surface area contributed by atoms with Gasteiger partial charge in [-0.1, -0.05) is 39.8 Å². The lowest BCUT2D eigenvalue weighted by molar-refractivity contribution is -0.143. The minimum atomic E-state index is -1.63. The van der Waals surface area contributed by atoms with E-state index in [1.54, 1.807) is 13.8 Å². The van der Waals surface area contributed by atoms with Crippen LogP contribution in [0.15, 0.2) is 29.3 Å². The van der Waals surface area contributed by atoms with Gasteiger partial charge in [0.15, 0.2) is 5.96 Å². The zero-order chi connectivity index (χ0) is 41.8.